The summed E-state index contributed by atoms with van der Waals surface area (Å²) in [6, 6.07) is 8.27. The highest BCUT2D eigenvalue weighted by atomic mass is 16.5. The lowest BCUT2D eigenvalue weighted by atomic mass is 9.97. The van der Waals surface area contributed by atoms with Gasteiger partial charge in [0.05, 0.1) is 5.92 Å². The van der Waals surface area contributed by atoms with E-state index in [0.29, 0.717) is 24.7 Å². The molecular weight excluding hydrogens is 302 g/mol. The van der Waals surface area contributed by atoms with Crippen molar-refractivity contribution in [2.24, 2.45) is 0 Å². The van der Waals surface area contributed by atoms with Gasteiger partial charge in [-0.25, -0.2) is 0 Å². The highest BCUT2D eigenvalue weighted by molar-refractivity contribution is 5.78. The Kier molecular flexibility index (Phi) is 5.08. The molecule has 0 radical (unpaired) electrons. The highest BCUT2D eigenvalue weighted by Crippen LogP contribution is 2.26. The predicted octanol–water partition coefficient (Wildman–Crippen LogP) is 3.50. The Hall–Kier alpha value is -2.43. The smallest absolute Gasteiger partial charge is 0.231 e. The number of hydrogen-bond acceptors (Lipinski definition) is 4. The average Bonchev–Trinajstić information content (AvgIpc) is 3.03. The normalized spacial score (nSPS) is 18.2. The molecule has 1 amide bonds. The Morgan fingerprint density at radius 3 is 2.83 bits per heavy atom. The van der Waals surface area contributed by atoms with Crippen LogP contribution >= 0.6 is 0 Å². The van der Waals surface area contributed by atoms with E-state index in [2.05, 4.69) is 41.3 Å². The maximum absolute atomic E-state index is 12.4. The minimum absolute atomic E-state index is 0.152. The Bertz CT molecular complexity index is 718. The van der Waals surface area contributed by atoms with Crippen molar-refractivity contribution in [1.29, 1.82) is 0 Å². The summed E-state index contributed by atoms with van der Waals surface area (Å²) in [5.74, 6) is 1.61. The van der Waals surface area contributed by atoms with E-state index in [1.165, 1.54) is 5.56 Å². The number of carbonyl (C=O) groups excluding carboxylic acids is 1. The molecule has 1 atom stereocenters. The van der Waals surface area contributed by atoms with Gasteiger partial charge >= 0.3 is 0 Å². The zero-order valence-electron chi connectivity index (χ0n) is 14.2. The van der Waals surface area contributed by atoms with E-state index in [-0.39, 0.29) is 11.8 Å². The van der Waals surface area contributed by atoms with Crippen LogP contribution in [0.1, 0.15) is 48.0 Å². The van der Waals surface area contributed by atoms with Crippen LogP contribution < -0.4 is 0 Å². The van der Waals surface area contributed by atoms with Crippen LogP contribution in [-0.4, -0.2) is 34.0 Å². The molecule has 5 heteroatoms. The first-order chi connectivity index (χ1) is 11.6. The molecule has 1 aliphatic rings. The van der Waals surface area contributed by atoms with Gasteiger partial charge in [0, 0.05) is 19.5 Å². The molecule has 2 aromatic rings. The third-order valence-corrected chi connectivity index (χ3v) is 4.35. The van der Waals surface area contributed by atoms with Gasteiger partial charge in [-0.3, -0.25) is 4.79 Å². The number of benzene rings is 1. The molecule has 1 saturated heterocycles. The minimum Gasteiger partial charge on any atom is -0.342 e. The lowest BCUT2D eigenvalue weighted by Crippen LogP contribution is -2.38. The lowest BCUT2D eigenvalue weighted by Gasteiger charge is -2.30. The number of aromatic nitrogens is 2. The first kappa shape index (κ1) is 16.4. The molecule has 3 rings (SSSR count). The van der Waals surface area contributed by atoms with Crippen LogP contribution in [0.2, 0.25) is 0 Å². The fraction of sp³-hybridized carbons (Fsp3) is 0.421. The summed E-state index contributed by atoms with van der Waals surface area (Å²) in [5, 5.41) is 3.85. The monoisotopic (exact) mass is 325 g/mol. The predicted molar refractivity (Wildman–Crippen MR) is 92.4 cm³/mol. The Morgan fingerprint density at radius 2 is 2.12 bits per heavy atom. The second kappa shape index (κ2) is 7.43. The second-order valence-corrected chi connectivity index (χ2v) is 6.38. The van der Waals surface area contributed by atoms with Gasteiger partial charge in [0.25, 0.3) is 0 Å². The number of nitrogens with zero attached hydrogens (tertiary/aromatic N) is 3. The summed E-state index contributed by atoms with van der Waals surface area (Å²) in [6.45, 7) is 5.35. The van der Waals surface area contributed by atoms with Gasteiger partial charge in [-0.1, -0.05) is 47.1 Å². The number of piperidine rings is 1. The van der Waals surface area contributed by atoms with Crippen LogP contribution in [0.3, 0.4) is 0 Å². The van der Waals surface area contributed by atoms with Gasteiger partial charge in [-0.05, 0) is 32.3 Å². The third kappa shape index (κ3) is 4.10. The number of hydrogen-bond donors (Lipinski definition) is 0. The lowest BCUT2D eigenvalue weighted by molar-refractivity contribution is -0.131. The van der Waals surface area contributed by atoms with Crippen molar-refractivity contribution in [2.75, 3.05) is 13.1 Å². The molecule has 0 N–H and O–H groups in total. The summed E-state index contributed by atoms with van der Waals surface area (Å²) in [5.41, 5.74) is 2.35. The van der Waals surface area contributed by atoms with Crippen molar-refractivity contribution >= 4 is 12.0 Å². The average molecular weight is 325 g/mol. The molecule has 1 aromatic carbocycles. The van der Waals surface area contributed by atoms with Crippen LogP contribution in [0.5, 0.6) is 0 Å². The Morgan fingerprint density at radius 1 is 1.33 bits per heavy atom. The van der Waals surface area contributed by atoms with E-state index < -0.39 is 0 Å². The standard InChI is InChI=1S/C19H23N3O2/c1-14-8-10-16(11-9-14)5-3-7-18(23)22-12-4-6-17(13-22)19-20-15(2)21-24-19/h3,5,8-11,17H,4,6-7,12-13H2,1-2H3. The number of amides is 1. The van der Waals surface area contributed by atoms with Crippen molar-refractivity contribution < 1.29 is 9.32 Å². The molecule has 0 saturated carbocycles. The molecule has 126 valence electrons. The van der Waals surface area contributed by atoms with Gasteiger partial charge in [0.2, 0.25) is 11.8 Å². The molecule has 24 heavy (non-hydrogen) atoms. The molecule has 1 fully saturated rings. The second-order valence-electron chi connectivity index (χ2n) is 6.38. The van der Waals surface area contributed by atoms with Crippen molar-refractivity contribution in [3.8, 4) is 0 Å². The fourth-order valence-electron chi connectivity index (χ4n) is 2.99. The van der Waals surface area contributed by atoms with Crippen LogP contribution in [0.25, 0.3) is 6.08 Å². The largest absolute Gasteiger partial charge is 0.342 e. The zero-order valence-corrected chi connectivity index (χ0v) is 14.2. The molecule has 5 nitrogen and oxygen atoms in total. The van der Waals surface area contributed by atoms with E-state index in [0.717, 1.165) is 24.9 Å². The number of rotatable bonds is 4. The summed E-state index contributed by atoms with van der Waals surface area (Å²) in [4.78, 5) is 18.6. The number of aryl methyl sites for hydroxylation is 2. The van der Waals surface area contributed by atoms with Gasteiger partial charge in [0.1, 0.15) is 0 Å². The number of likely N-dealkylation sites (tertiary alicyclic amines) is 1. The van der Waals surface area contributed by atoms with Gasteiger partial charge in [0.15, 0.2) is 5.82 Å². The van der Waals surface area contributed by atoms with Crippen LogP contribution in [0, 0.1) is 13.8 Å². The van der Waals surface area contributed by atoms with E-state index in [1.807, 2.05) is 24.0 Å². The van der Waals surface area contributed by atoms with E-state index in [4.69, 9.17) is 4.52 Å². The highest BCUT2D eigenvalue weighted by Gasteiger charge is 2.27. The fourth-order valence-corrected chi connectivity index (χ4v) is 2.99. The molecule has 1 unspecified atom stereocenters. The van der Waals surface area contributed by atoms with Crippen molar-refractivity contribution in [1.82, 2.24) is 15.0 Å². The molecule has 0 spiro atoms. The maximum Gasteiger partial charge on any atom is 0.231 e. The third-order valence-electron chi connectivity index (χ3n) is 4.35. The summed E-state index contributed by atoms with van der Waals surface area (Å²) in [6.07, 6.45) is 6.32. The first-order valence-corrected chi connectivity index (χ1v) is 8.43. The minimum atomic E-state index is 0.152. The zero-order chi connectivity index (χ0) is 16.9. The number of carbonyl (C=O) groups is 1. The molecule has 0 bridgehead atoms. The summed E-state index contributed by atoms with van der Waals surface area (Å²) < 4.78 is 5.27. The SMILES string of the molecule is Cc1ccc(C=CCC(=O)N2CCCC(c3nc(C)no3)C2)cc1. The van der Waals surface area contributed by atoms with E-state index in [1.54, 1.807) is 0 Å². The van der Waals surface area contributed by atoms with Crippen LogP contribution in [0.4, 0.5) is 0 Å². The molecule has 2 heterocycles. The summed E-state index contributed by atoms with van der Waals surface area (Å²) >= 11 is 0. The molecule has 1 aromatic heterocycles. The van der Waals surface area contributed by atoms with Crippen molar-refractivity contribution in [3.63, 3.8) is 0 Å². The topological polar surface area (TPSA) is 59.2 Å². The van der Waals surface area contributed by atoms with E-state index in [9.17, 15) is 4.79 Å². The van der Waals surface area contributed by atoms with E-state index >= 15 is 0 Å². The molecular formula is C19H23N3O2. The molecule has 0 aliphatic carbocycles. The Balaban J connectivity index is 1.55. The van der Waals surface area contributed by atoms with Crippen LogP contribution in [0.15, 0.2) is 34.9 Å². The quantitative estimate of drug-likeness (QED) is 0.863. The van der Waals surface area contributed by atoms with Gasteiger partial charge in [-0.15, -0.1) is 0 Å². The Labute approximate surface area is 142 Å². The molecule has 1 aliphatic heterocycles. The van der Waals surface area contributed by atoms with Crippen molar-refractivity contribution in [3.05, 3.63) is 53.2 Å². The first-order valence-electron chi connectivity index (χ1n) is 8.43. The van der Waals surface area contributed by atoms with Gasteiger partial charge in [-0.2, -0.15) is 4.98 Å². The van der Waals surface area contributed by atoms with Crippen molar-refractivity contribution in [2.45, 2.75) is 39.0 Å². The summed E-state index contributed by atoms with van der Waals surface area (Å²) in [7, 11) is 0. The van der Waals surface area contributed by atoms with Gasteiger partial charge < -0.3 is 9.42 Å². The van der Waals surface area contributed by atoms with Crippen LogP contribution in [-0.2, 0) is 4.79 Å². The maximum atomic E-state index is 12.4.